The highest BCUT2D eigenvalue weighted by atomic mass is 16.3. The highest BCUT2D eigenvalue weighted by molar-refractivity contribution is 6.18. The van der Waals surface area contributed by atoms with Gasteiger partial charge in [-0.25, -0.2) is 0 Å². The number of benzene rings is 10. The third-order valence-electron chi connectivity index (χ3n) is 13.1. The Morgan fingerprint density at radius 3 is 1.84 bits per heavy atom. The molecule has 12 rings (SSSR count). The maximum absolute atomic E-state index is 6.80. The summed E-state index contributed by atoms with van der Waals surface area (Å²) in [7, 11) is 0. The quantitative estimate of drug-likeness (QED) is 0.156. The summed E-state index contributed by atoms with van der Waals surface area (Å²) in [6.07, 6.45) is 0. The van der Waals surface area contributed by atoms with E-state index in [-0.39, 0.29) is 5.41 Å². The molecule has 1 heterocycles. The van der Waals surface area contributed by atoms with Crippen LogP contribution in [0.2, 0.25) is 0 Å². The van der Waals surface area contributed by atoms with Crippen molar-refractivity contribution in [2.24, 2.45) is 0 Å². The number of hydrogen-bond acceptors (Lipinski definition) is 2. The Hall–Kier alpha value is -7.68. The van der Waals surface area contributed by atoms with Gasteiger partial charge < -0.3 is 9.32 Å². The minimum absolute atomic E-state index is 0.166. The molecule has 0 aliphatic heterocycles. The molecule has 0 amide bonds. The molecule has 0 saturated carbocycles. The number of rotatable bonds is 6. The van der Waals surface area contributed by atoms with Gasteiger partial charge in [-0.1, -0.05) is 184 Å². The Bertz CT molecular complexity index is 3500. The van der Waals surface area contributed by atoms with Crippen molar-refractivity contribution in [2.75, 3.05) is 4.90 Å². The standard InChI is InChI=1S/C59H41NO/c1-59(2)53-27-12-10-22-46(53)47-35-34-42(37-54(47)59)60(41-32-30-39(31-33-41)38-16-4-3-5-17-38)55-28-15-24-49(51-26-14-25-50-48-23-11-13-29-56(48)61-58(50)51)57(55)52-36-40-18-6-7-19-43(40)44-20-8-9-21-45(44)52/h3-37H,1-2H3. The van der Waals surface area contributed by atoms with Crippen LogP contribution in [0.3, 0.4) is 0 Å². The van der Waals surface area contributed by atoms with Crippen molar-refractivity contribution >= 4 is 60.5 Å². The lowest BCUT2D eigenvalue weighted by Crippen LogP contribution is -2.17. The Kier molecular flexibility index (Phi) is 7.92. The molecule has 2 heteroatoms. The van der Waals surface area contributed by atoms with Gasteiger partial charge in [0.1, 0.15) is 11.2 Å². The van der Waals surface area contributed by atoms with E-state index < -0.39 is 0 Å². The van der Waals surface area contributed by atoms with Crippen molar-refractivity contribution in [3.8, 4) is 44.5 Å². The zero-order valence-electron chi connectivity index (χ0n) is 34.1. The van der Waals surface area contributed by atoms with Crippen molar-refractivity contribution in [2.45, 2.75) is 19.3 Å². The minimum atomic E-state index is -0.166. The summed E-state index contributed by atoms with van der Waals surface area (Å²) >= 11 is 0. The molecule has 0 bridgehead atoms. The van der Waals surface area contributed by atoms with E-state index in [1.54, 1.807) is 0 Å². The van der Waals surface area contributed by atoms with E-state index in [9.17, 15) is 0 Å². The second-order valence-corrected chi connectivity index (χ2v) is 16.8. The smallest absolute Gasteiger partial charge is 0.143 e. The molecule has 288 valence electrons. The number of hydrogen-bond donors (Lipinski definition) is 0. The number of nitrogens with zero attached hydrogens (tertiary/aromatic N) is 1. The van der Waals surface area contributed by atoms with E-state index in [4.69, 9.17) is 4.42 Å². The zero-order valence-corrected chi connectivity index (χ0v) is 34.1. The molecule has 1 aliphatic rings. The first-order valence-corrected chi connectivity index (χ1v) is 21.2. The van der Waals surface area contributed by atoms with Crippen molar-refractivity contribution < 1.29 is 4.42 Å². The molecule has 0 saturated heterocycles. The van der Waals surface area contributed by atoms with Gasteiger partial charge in [-0.05, 0) is 109 Å². The average molecular weight is 780 g/mol. The van der Waals surface area contributed by atoms with Crippen molar-refractivity contribution in [1.29, 1.82) is 0 Å². The van der Waals surface area contributed by atoms with Crippen LogP contribution in [0.15, 0.2) is 217 Å². The highest BCUT2D eigenvalue weighted by Gasteiger charge is 2.36. The lowest BCUT2D eigenvalue weighted by Gasteiger charge is -2.31. The van der Waals surface area contributed by atoms with Gasteiger partial charge in [-0.2, -0.15) is 0 Å². The predicted octanol–water partition coefficient (Wildman–Crippen LogP) is 16.7. The van der Waals surface area contributed by atoms with Crippen LogP contribution in [0.5, 0.6) is 0 Å². The van der Waals surface area contributed by atoms with Gasteiger partial charge >= 0.3 is 0 Å². The van der Waals surface area contributed by atoms with Crippen LogP contribution in [0, 0.1) is 0 Å². The van der Waals surface area contributed by atoms with E-state index >= 15 is 0 Å². The number of anilines is 3. The maximum Gasteiger partial charge on any atom is 0.143 e. The van der Waals surface area contributed by atoms with Crippen molar-refractivity contribution in [1.82, 2.24) is 0 Å². The normalized spacial score (nSPS) is 12.9. The third kappa shape index (κ3) is 5.49. The molecule has 61 heavy (non-hydrogen) atoms. The number of fused-ring (bicyclic) bond motifs is 9. The molecule has 10 aromatic carbocycles. The summed E-state index contributed by atoms with van der Waals surface area (Å²) in [6.45, 7) is 4.73. The summed E-state index contributed by atoms with van der Waals surface area (Å²) in [5.41, 5.74) is 17.1. The molecule has 11 aromatic rings. The van der Waals surface area contributed by atoms with E-state index in [0.717, 1.165) is 55.7 Å². The fourth-order valence-corrected chi connectivity index (χ4v) is 10.1. The van der Waals surface area contributed by atoms with Crippen molar-refractivity contribution in [3.05, 3.63) is 223 Å². The van der Waals surface area contributed by atoms with E-state index in [0.29, 0.717) is 0 Å². The lowest BCUT2D eigenvalue weighted by molar-refractivity contribution is 0.660. The van der Waals surface area contributed by atoms with Crippen LogP contribution in [-0.4, -0.2) is 0 Å². The van der Waals surface area contributed by atoms with Gasteiger partial charge in [0.15, 0.2) is 0 Å². The van der Waals surface area contributed by atoms with Crippen LogP contribution in [-0.2, 0) is 5.41 Å². The number of para-hydroxylation sites is 2. The average Bonchev–Trinajstić information content (AvgIpc) is 3.81. The zero-order chi connectivity index (χ0) is 40.7. The maximum atomic E-state index is 6.80. The summed E-state index contributed by atoms with van der Waals surface area (Å²) in [5.74, 6) is 0. The molecule has 0 N–H and O–H groups in total. The molecular formula is C59H41NO. The van der Waals surface area contributed by atoms with Gasteiger partial charge in [-0.15, -0.1) is 0 Å². The predicted molar refractivity (Wildman–Crippen MR) is 257 cm³/mol. The largest absolute Gasteiger partial charge is 0.455 e. The third-order valence-corrected chi connectivity index (χ3v) is 13.1. The fourth-order valence-electron chi connectivity index (χ4n) is 10.1. The first kappa shape index (κ1) is 35.3. The topological polar surface area (TPSA) is 16.4 Å². The van der Waals surface area contributed by atoms with Crippen LogP contribution in [0.4, 0.5) is 17.1 Å². The van der Waals surface area contributed by atoms with Gasteiger partial charge in [0.25, 0.3) is 0 Å². The molecule has 0 spiro atoms. The van der Waals surface area contributed by atoms with Crippen LogP contribution < -0.4 is 4.90 Å². The first-order chi connectivity index (χ1) is 30.0. The first-order valence-electron chi connectivity index (χ1n) is 21.2. The molecule has 0 unspecified atom stereocenters. The molecule has 0 atom stereocenters. The molecule has 1 aliphatic carbocycles. The summed E-state index contributed by atoms with van der Waals surface area (Å²) in [4.78, 5) is 2.48. The fraction of sp³-hybridized carbons (Fsp3) is 0.0508. The van der Waals surface area contributed by atoms with E-state index in [1.807, 2.05) is 0 Å². The minimum Gasteiger partial charge on any atom is -0.455 e. The van der Waals surface area contributed by atoms with Gasteiger partial charge in [0.05, 0.1) is 5.69 Å². The van der Waals surface area contributed by atoms with Gasteiger partial charge in [0.2, 0.25) is 0 Å². The van der Waals surface area contributed by atoms with E-state index in [2.05, 4.69) is 231 Å². The lowest BCUT2D eigenvalue weighted by atomic mass is 9.82. The molecular weight excluding hydrogens is 739 g/mol. The molecule has 1 aromatic heterocycles. The van der Waals surface area contributed by atoms with Gasteiger partial charge in [-0.3, -0.25) is 0 Å². The Morgan fingerprint density at radius 1 is 0.377 bits per heavy atom. The summed E-state index contributed by atoms with van der Waals surface area (Å²) < 4.78 is 6.80. The highest BCUT2D eigenvalue weighted by Crippen LogP contribution is 2.53. The van der Waals surface area contributed by atoms with E-state index in [1.165, 1.54) is 60.5 Å². The molecule has 2 nitrogen and oxygen atoms in total. The second-order valence-electron chi connectivity index (χ2n) is 16.8. The monoisotopic (exact) mass is 779 g/mol. The van der Waals surface area contributed by atoms with Crippen LogP contribution >= 0.6 is 0 Å². The number of furan rings is 1. The summed E-state index contributed by atoms with van der Waals surface area (Å²) in [6, 6.07) is 77.5. The van der Waals surface area contributed by atoms with Crippen LogP contribution in [0.25, 0.3) is 88.0 Å². The SMILES string of the molecule is CC1(C)c2ccccc2-c2ccc(N(c3ccc(-c4ccccc4)cc3)c3cccc(-c4cccc5c4oc4ccccc45)c3-c3cc4ccccc4c4ccccc34)cc21. The summed E-state index contributed by atoms with van der Waals surface area (Å²) in [5, 5.41) is 7.12. The second kappa shape index (κ2) is 13.7. The van der Waals surface area contributed by atoms with Crippen LogP contribution in [0.1, 0.15) is 25.0 Å². The Morgan fingerprint density at radius 2 is 0.984 bits per heavy atom. The van der Waals surface area contributed by atoms with Crippen molar-refractivity contribution in [3.63, 3.8) is 0 Å². The Labute approximate surface area is 355 Å². The Balaban J connectivity index is 1.18. The molecule has 0 radical (unpaired) electrons. The molecule has 0 fully saturated rings. The van der Waals surface area contributed by atoms with Gasteiger partial charge in [0, 0.05) is 38.7 Å².